The number of hydrogen-bond acceptors (Lipinski definition) is 5. The predicted molar refractivity (Wildman–Crippen MR) is 163 cm³/mol. The lowest BCUT2D eigenvalue weighted by molar-refractivity contribution is 0.191. The molecule has 0 aromatic heterocycles. The highest BCUT2D eigenvalue weighted by atomic mass is 32.1. The van der Waals surface area contributed by atoms with Gasteiger partial charge in [-0.3, -0.25) is 10.3 Å². The molecule has 4 rings (SSSR count). The first-order valence-electron chi connectivity index (χ1n) is 14.8. The maximum atomic E-state index is 15.5. The lowest BCUT2D eigenvalue weighted by atomic mass is 9.87. The van der Waals surface area contributed by atoms with Crippen molar-refractivity contribution < 1.29 is 4.39 Å². The highest BCUT2D eigenvalue weighted by Gasteiger charge is 2.27. The van der Waals surface area contributed by atoms with Crippen molar-refractivity contribution in [1.29, 1.82) is 0 Å². The maximum absolute atomic E-state index is 15.5. The Labute approximate surface area is 234 Å². The molecule has 2 saturated heterocycles. The summed E-state index contributed by atoms with van der Waals surface area (Å²) in [4.78, 5) is 7.14. The third-order valence-corrected chi connectivity index (χ3v) is 8.74. The second kappa shape index (κ2) is 14.3. The summed E-state index contributed by atoms with van der Waals surface area (Å²) in [5.74, 6) is 1.20. The fourth-order valence-corrected chi connectivity index (χ4v) is 6.47. The number of hydrogen-bond donors (Lipinski definition) is 2. The summed E-state index contributed by atoms with van der Waals surface area (Å²) < 4.78 is 15.5. The van der Waals surface area contributed by atoms with E-state index in [1.165, 1.54) is 69.9 Å². The third-order valence-electron chi connectivity index (χ3n) is 8.64. The van der Waals surface area contributed by atoms with E-state index in [4.69, 9.17) is 18.0 Å². The Balaban J connectivity index is 1.47. The largest absolute Gasteiger partial charge is 0.375 e. The second-order valence-corrected chi connectivity index (χ2v) is 11.9. The summed E-state index contributed by atoms with van der Waals surface area (Å²) in [6, 6.07) is 3.64. The van der Waals surface area contributed by atoms with E-state index in [0.29, 0.717) is 11.6 Å². The van der Waals surface area contributed by atoms with Crippen LogP contribution in [0.5, 0.6) is 0 Å². The van der Waals surface area contributed by atoms with Gasteiger partial charge in [-0.1, -0.05) is 57.6 Å². The van der Waals surface area contributed by atoms with E-state index in [2.05, 4.69) is 38.7 Å². The van der Waals surface area contributed by atoms with Crippen LogP contribution >= 0.6 is 12.2 Å². The lowest BCUT2D eigenvalue weighted by Gasteiger charge is -2.39. The quantitative estimate of drug-likeness (QED) is 0.131. The van der Waals surface area contributed by atoms with Gasteiger partial charge in [0.2, 0.25) is 0 Å². The van der Waals surface area contributed by atoms with Gasteiger partial charge >= 0.3 is 0 Å². The summed E-state index contributed by atoms with van der Waals surface area (Å²) in [6.07, 6.45) is 14.6. The zero-order chi connectivity index (χ0) is 26.9. The van der Waals surface area contributed by atoms with E-state index in [1.54, 1.807) is 12.3 Å². The summed E-state index contributed by atoms with van der Waals surface area (Å²) in [5.41, 5.74) is 11.8. The Morgan fingerprint density at radius 1 is 1.08 bits per heavy atom. The Bertz CT molecular complexity index is 968. The SMILES string of the molecule is C=C1CN(c2cc(N3CCN(CC4CCCCC4)CC3)c(F)cc2/C=N/NC(N)=S)CCC1CCCCC. The van der Waals surface area contributed by atoms with E-state index >= 15 is 4.39 Å². The monoisotopic (exact) mass is 542 g/mol. The molecule has 6 nitrogen and oxygen atoms in total. The molecule has 1 aromatic carbocycles. The second-order valence-electron chi connectivity index (χ2n) is 11.4. The first-order chi connectivity index (χ1) is 18.4. The van der Waals surface area contributed by atoms with Gasteiger partial charge in [-0.2, -0.15) is 5.10 Å². The molecule has 1 atom stereocenters. The Kier molecular flexibility index (Phi) is 10.8. The smallest absolute Gasteiger partial charge is 0.184 e. The highest BCUT2D eigenvalue weighted by Crippen LogP contribution is 2.35. The summed E-state index contributed by atoms with van der Waals surface area (Å²) in [7, 11) is 0. The van der Waals surface area contributed by atoms with E-state index in [9.17, 15) is 0 Å². The van der Waals surface area contributed by atoms with Crippen molar-refractivity contribution in [3.63, 3.8) is 0 Å². The van der Waals surface area contributed by atoms with Gasteiger partial charge in [0.15, 0.2) is 5.11 Å². The van der Waals surface area contributed by atoms with Crippen LogP contribution in [0.4, 0.5) is 15.8 Å². The maximum Gasteiger partial charge on any atom is 0.184 e. The van der Waals surface area contributed by atoms with Gasteiger partial charge in [-0.15, -0.1) is 0 Å². The number of thiocarbonyl (C=S) groups is 1. The molecule has 210 valence electrons. The zero-order valence-electron chi connectivity index (χ0n) is 23.3. The molecule has 0 amide bonds. The molecule has 2 aliphatic heterocycles. The van der Waals surface area contributed by atoms with E-state index < -0.39 is 0 Å². The minimum Gasteiger partial charge on any atom is -0.375 e. The molecule has 1 saturated carbocycles. The van der Waals surface area contributed by atoms with Crippen LogP contribution in [0, 0.1) is 17.7 Å². The van der Waals surface area contributed by atoms with Crippen LogP contribution in [0.1, 0.15) is 76.7 Å². The number of nitrogens with one attached hydrogen (secondary N) is 1. The zero-order valence-corrected chi connectivity index (χ0v) is 24.1. The average Bonchev–Trinajstić information content (AvgIpc) is 2.91. The lowest BCUT2D eigenvalue weighted by Crippen LogP contribution is -2.48. The molecular formula is C30H47FN6S. The Morgan fingerprint density at radius 2 is 1.84 bits per heavy atom. The molecule has 3 aliphatic rings. The number of nitrogens with two attached hydrogens (primary N) is 1. The number of unbranched alkanes of at least 4 members (excludes halogenated alkanes) is 2. The van der Waals surface area contributed by atoms with Crippen LogP contribution in [0.2, 0.25) is 0 Å². The standard InChI is InChI=1S/C30H47FN6S/c1-3-4-6-11-25-12-13-37(21-23(25)2)28-19-29(27(31)18-26(28)20-33-34-30(32)38)36-16-14-35(15-17-36)22-24-9-7-5-8-10-24/h18-20,24-25H,2-17,21-22H2,1H3,(H3,32,34,38)/b33-20+. The number of benzene rings is 1. The fourth-order valence-electron chi connectivity index (χ4n) is 6.42. The predicted octanol–water partition coefficient (Wildman–Crippen LogP) is 5.66. The van der Waals surface area contributed by atoms with Gasteiger partial charge < -0.3 is 15.5 Å². The van der Waals surface area contributed by atoms with Crippen LogP contribution in [-0.2, 0) is 0 Å². The number of piperidine rings is 1. The van der Waals surface area contributed by atoms with Crippen LogP contribution in [-0.4, -0.2) is 62.0 Å². The third kappa shape index (κ3) is 7.92. The molecule has 2 heterocycles. The molecule has 3 N–H and O–H groups in total. The Morgan fingerprint density at radius 3 is 2.53 bits per heavy atom. The molecule has 0 spiro atoms. The minimum atomic E-state index is -0.209. The summed E-state index contributed by atoms with van der Waals surface area (Å²) in [5, 5.41) is 4.24. The molecule has 0 radical (unpaired) electrons. The van der Waals surface area contributed by atoms with Gasteiger partial charge in [-0.25, -0.2) is 4.39 Å². The van der Waals surface area contributed by atoms with Crippen molar-refractivity contribution in [2.75, 3.05) is 55.6 Å². The van der Waals surface area contributed by atoms with Crippen LogP contribution in [0.3, 0.4) is 0 Å². The summed E-state index contributed by atoms with van der Waals surface area (Å²) in [6.45, 7) is 13.3. The van der Waals surface area contributed by atoms with E-state index in [1.807, 2.05) is 6.07 Å². The van der Waals surface area contributed by atoms with Gasteiger partial charge in [0.25, 0.3) is 0 Å². The number of halogens is 1. The molecular weight excluding hydrogens is 495 g/mol. The van der Waals surface area contributed by atoms with Gasteiger partial charge in [-0.05, 0) is 61.9 Å². The van der Waals surface area contributed by atoms with Gasteiger partial charge in [0.1, 0.15) is 5.82 Å². The average molecular weight is 543 g/mol. The highest BCUT2D eigenvalue weighted by molar-refractivity contribution is 7.80. The number of rotatable bonds is 10. The fraction of sp³-hybridized carbons (Fsp3) is 0.667. The van der Waals surface area contributed by atoms with E-state index in [-0.39, 0.29) is 10.9 Å². The van der Waals surface area contributed by atoms with Crippen LogP contribution < -0.4 is 21.0 Å². The minimum absolute atomic E-state index is 0.0901. The number of hydrazone groups is 1. The molecule has 3 fully saturated rings. The van der Waals surface area contributed by atoms with Crippen molar-refractivity contribution in [1.82, 2.24) is 10.3 Å². The van der Waals surface area contributed by atoms with E-state index in [0.717, 1.165) is 62.9 Å². The molecule has 0 bridgehead atoms. The number of nitrogens with zero attached hydrogens (tertiary/aromatic N) is 4. The van der Waals surface area contributed by atoms with Crippen molar-refractivity contribution >= 4 is 34.9 Å². The van der Waals surface area contributed by atoms with Gasteiger partial charge in [0, 0.05) is 57.1 Å². The summed E-state index contributed by atoms with van der Waals surface area (Å²) >= 11 is 4.88. The topological polar surface area (TPSA) is 60.1 Å². The van der Waals surface area contributed by atoms with Crippen LogP contribution in [0.25, 0.3) is 0 Å². The first kappa shape index (κ1) is 28.8. The molecule has 1 unspecified atom stereocenters. The molecule has 1 aliphatic carbocycles. The first-order valence-corrected chi connectivity index (χ1v) is 15.2. The van der Waals surface area contributed by atoms with Gasteiger partial charge in [0.05, 0.1) is 11.9 Å². The van der Waals surface area contributed by atoms with Crippen molar-refractivity contribution in [2.45, 2.75) is 71.1 Å². The Hall–Kier alpha value is -2.19. The van der Waals surface area contributed by atoms with Crippen LogP contribution in [0.15, 0.2) is 29.4 Å². The van der Waals surface area contributed by atoms with Crippen molar-refractivity contribution in [3.05, 3.63) is 35.7 Å². The molecule has 8 heteroatoms. The molecule has 38 heavy (non-hydrogen) atoms. The molecule has 1 aromatic rings. The number of anilines is 2. The normalized spacial score (nSPS) is 21.8. The number of piperazine rings is 1. The van der Waals surface area contributed by atoms with Crippen molar-refractivity contribution in [3.8, 4) is 0 Å². The van der Waals surface area contributed by atoms with Crippen molar-refractivity contribution in [2.24, 2.45) is 22.7 Å².